The van der Waals surface area contributed by atoms with Crippen LogP contribution in [0, 0.1) is 25.6 Å². The van der Waals surface area contributed by atoms with E-state index in [4.69, 9.17) is 4.74 Å². The van der Waals surface area contributed by atoms with E-state index in [2.05, 4.69) is 21.8 Å². The minimum atomic E-state index is -0.276. The van der Waals surface area contributed by atoms with Crippen molar-refractivity contribution in [3.8, 4) is 0 Å². The van der Waals surface area contributed by atoms with Gasteiger partial charge in [0.2, 0.25) is 5.91 Å². The number of thioether (sulfide) groups is 1. The second kappa shape index (κ2) is 9.76. The molecule has 1 amide bonds. The summed E-state index contributed by atoms with van der Waals surface area (Å²) in [6.45, 7) is 9.74. The van der Waals surface area contributed by atoms with Gasteiger partial charge >= 0.3 is 0 Å². The third-order valence-corrected chi connectivity index (χ3v) is 6.35. The Morgan fingerprint density at radius 3 is 2.69 bits per heavy atom. The molecule has 2 heterocycles. The number of halogens is 1. The van der Waals surface area contributed by atoms with Crippen molar-refractivity contribution in [3.05, 3.63) is 47.0 Å². The summed E-state index contributed by atoms with van der Waals surface area (Å²) in [4.78, 5) is 17.3. The number of amides is 1. The predicted molar refractivity (Wildman–Crippen MR) is 114 cm³/mol. The zero-order chi connectivity index (χ0) is 21.0. The lowest BCUT2D eigenvalue weighted by atomic mass is 9.96. The summed E-state index contributed by atoms with van der Waals surface area (Å²) in [6.07, 6.45) is 2.39. The lowest BCUT2D eigenvalue weighted by Crippen LogP contribution is -2.33. The number of hydrogen-bond acceptors (Lipinski definition) is 4. The number of aryl methyl sites for hydroxylation is 1. The number of carbonyl (C=O) groups excluding carboxylic acids is 1. The van der Waals surface area contributed by atoms with Crippen LogP contribution in [0.2, 0.25) is 0 Å². The first-order valence-electron chi connectivity index (χ1n) is 10.2. The standard InChI is InChI=1S/C22H30FN3O2S/c1-14(2)21(17-7-9-18(23)10-8-17)25-20(27)13-29-22-24-15(3)16(4)26(22)12-19-6-5-11-28-19/h7-10,14,19,21H,5-6,11-13H2,1-4H3,(H,25,27). The van der Waals surface area contributed by atoms with Crippen LogP contribution in [0.4, 0.5) is 4.39 Å². The average molecular weight is 420 g/mol. The van der Waals surface area contributed by atoms with Gasteiger partial charge < -0.3 is 14.6 Å². The minimum Gasteiger partial charge on any atom is -0.376 e. The number of aromatic nitrogens is 2. The number of ether oxygens (including phenoxy) is 1. The number of carbonyl (C=O) groups is 1. The van der Waals surface area contributed by atoms with E-state index in [9.17, 15) is 9.18 Å². The van der Waals surface area contributed by atoms with Crippen LogP contribution in [0.25, 0.3) is 0 Å². The number of rotatable bonds is 8. The Balaban J connectivity index is 1.63. The first-order chi connectivity index (χ1) is 13.8. The number of benzene rings is 1. The highest BCUT2D eigenvalue weighted by Gasteiger charge is 2.22. The monoisotopic (exact) mass is 419 g/mol. The van der Waals surface area contributed by atoms with Gasteiger partial charge in [0, 0.05) is 12.3 Å². The van der Waals surface area contributed by atoms with Gasteiger partial charge in [-0.15, -0.1) is 0 Å². The van der Waals surface area contributed by atoms with Crippen molar-refractivity contribution in [1.29, 1.82) is 0 Å². The molecule has 0 radical (unpaired) electrons. The molecular formula is C22H30FN3O2S. The van der Waals surface area contributed by atoms with E-state index in [0.29, 0.717) is 0 Å². The molecule has 29 heavy (non-hydrogen) atoms. The van der Waals surface area contributed by atoms with Gasteiger partial charge in [0.15, 0.2) is 5.16 Å². The lowest BCUT2D eigenvalue weighted by Gasteiger charge is -2.23. The SMILES string of the molecule is Cc1nc(SCC(=O)NC(c2ccc(F)cc2)C(C)C)n(CC2CCCO2)c1C. The van der Waals surface area contributed by atoms with Gasteiger partial charge in [0.1, 0.15) is 5.82 Å². The Morgan fingerprint density at radius 2 is 2.07 bits per heavy atom. The van der Waals surface area contributed by atoms with Crippen molar-refractivity contribution >= 4 is 17.7 Å². The van der Waals surface area contributed by atoms with E-state index in [1.807, 2.05) is 20.8 Å². The normalized spacial score (nSPS) is 17.7. The summed E-state index contributed by atoms with van der Waals surface area (Å²) in [5.41, 5.74) is 3.01. The van der Waals surface area contributed by atoms with Gasteiger partial charge in [-0.1, -0.05) is 37.7 Å². The Morgan fingerprint density at radius 1 is 1.34 bits per heavy atom. The molecule has 1 N–H and O–H groups in total. The van der Waals surface area contributed by atoms with Gasteiger partial charge in [-0.2, -0.15) is 0 Å². The van der Waals surface area contributed by atoms with Crippen LogP contribution >= 0.6 is 11.8 Å². The smallest absolute Gasteiger partial charge is 0.230 e. The highest BCUT2D eigenvalue weighted by molar-refractivity contribution is 7.99. The van der Waals surface area contributed by atoms with Crippen LogP contribution < -0.4 is 5.32 Å². The van der Waals surface area contributed by atoms with E-state index in [1.54, 1.807) is 12.1 Å². The Hall–Kier alpha value is -1.86. The predicted octanol–water partition coefficient (Wildman–Crippen LogP) is 4.42. The van der Waals surface area contributed by atoms with Crippen molar-refractivity contribution < 1.29 is 13.9 Å². The highest BCUT2D eigenvalue weighted by Crippen LogP contribution is 2.26. The first kappa shape index (κ1) is 21.8. The van der Waals surface area contributed by atoms with Crippen molar-refractivity contribution in [1.82, 2.24) is 14.9 Å². The highest BCUT2D eigenvalue weighted by atomic mass is 32.2. The molecule has 3 rings (SSSR count). The molecule has 0 bridgehead atoms. The van der Waals surface area contributed by atoms with Crippen LogP contribution in [0.15, 0.2) is 29.4 Å². The summed E-state index contributed by atoms with van der Waals surface area (Å²) >= 11 is 1.45. The number of nitrogens with zero attached hydrogens (tertiary/aromatic N) is 2. The molecule has 0 saturated carbocycles. The van der Waals surface area contributed by atoms with Crippen molar-refractivity contribution in [3.63, 3.8) is 0 Å². The topological polar surface area (TPSA) is 56.2 Å². The van der Waals surface area contributed by atoms with Crippen molar-refractivity contribution in [2.45, 2.75) is 64.4 Å². The largest absolute Gasteiger partial charge is 0.376 e. The minimum absolute atomic E-state index is 0.0556. The van der Waals surface area contributed by atoms with Gasteiger partial charge in [0.25, 0.3) is 0 Å². The number of hydrogen-bond donors (Lipinski definition) is 1. The Kier molecular flexibility index (Phi) is 7.35. The van der Waals surface area contributed by atoms with Gasteiger partial charge in [-0.05, 0) is 50.3 Å². The fourth-order valence-electron chi connectivity index (χ4n) is 3.59. The zero-order valence-electron chi connectivity index (χ0n) is 17.6. The third-order valence-electron chi connectivity index (χ3n) is 5.38. The average Bonchev–Trinajstić information content (AvgIpc) is 3.29. The molecule has 2 aromatic rings. The molecule has 5 nitrogen and oxygen atoms in total. The third kappa shape index (κ3) is 5.60. The molecule has 158 valence electrons. The van der Waals surface area contributed by atoms with E-state index < -0.39 is 0 Å². The van der Waals surface area contributed by atoms with Crippen LogP contribution in [0.3, 0.4) is 0 Å². The molecule has 1 aliphatic heterocycles. The molecule has 2 atom stereocenters. The summed E-state index contributed by atoms with van der Waals surface area (Å²) in [5.74, 6) is 0.147. The fourth-order valence-corrected chi connectivity index (χ4v) is 4.50. The second-order valence-corrected chi connectivity index (χ2v) is 8.88. The number of nitrogens with one attached hydrogen (secondary N) is 1. The molecule has 1 aromatic heterocycles. The fraction of sp³-hybridized carbons (Fsp3) is 0.545. The maximum Gasteiger partial charge on any atom is 0.230 e. The number of imidazole rings is 1. The molecule has 1 aromatic carbocycles. The van der Waals surface area contributed by atoms with E-state index in [0.717, 1.165) is 48.1 Å². The molecule has 0 aliphatic carbocycles. The van der Waals surface area contributed by atoms with Gasteiger partial charge in [0.05, 0.1) is 30.1 Å². The van der Waals surface area contributed by atoms with Crippen LogP contribution in [-0.4, -0.2) is 33.9 Å². The van der Waals surface area contributed by atoms with Gasteiger partial charge in [-0.3, -0.25) is 4.79 Å². The van der Waals surface area contributed by atoms with Gasteiger partial charge in [-0.25, -0.2) is 9.37 Å². The Labute approximate surface area is 176 Å². The van der Waals surface area contributed by atoms with Crippen LogP contribution in [0.1, 0.15) is 49.7 Å². The second-order valence-electron chi connectivity index (χ2n) is 7.94. The maximum atomic E-state index is 13.2. The maximum absolute atomic E-state index is 13.2. The quantitative estimate of drug-likeness (QED) is 0.644. The van der Waals surface area contributed by atoms with E-state index >= 15 is 0 Å². The zero-order valence-corrected chi connectivity index (χ0v) is 18.4. The summed E-state index contributed by atoms with van der Waals surface area (Å²) < 4.78 is 21.2. The Bertz CT molecular complexity index is 829. The molecular weight excluding hydrogens is 389 g/mol. The molecule has 1 aliphatic rings. The van der Waals surface area contributed by atoms with E-state index in [1.165, 1.54) is 23.9 Å². The first-order valence-corrected chi connectivity index (χ1v) is 11.2. The van der Waals surface area contributed by atoms with Crippen LogP contribution in [-0.2, 0) is 16.1 Å². The summed E-state index contributed by atoms with van der Waals surface area (Å²) in [5, 5.41) is 3.95. The van der Waals surface area contributed by atoms with Crippen LogP contribution in [0.5, 0.6) is 0 Å². The summed E-state index contributed by atoms with van der Waals surface area (Å²) in [6, 6.07) is 6.17. The lowest BCUT2D eigenvalue weighted by molar-refractivity contribution is -0.119. The van der Waals surface area contributed by atoms with Crippen molar-refractivity contribution in [2.75, 3.05) is 12.4 Å². The molecule has 1 fully saturated rings. The molecule has 2 unspecified atom stereocenters. The van der Waals surface area contributed by atoms with E-state index in [-0.39, 0.29) is 35.5 Å². The summed E-state index contributed by atoms with van der Waals surface area (Å²) in [7, 11) is 0. The molecule has 1 saturated heterocycles. The molecule has 7 heteroatoms. The molecule has 0 spiro atoms. The van der Waals surface area contributed by atoms with Crippen molar-refractivity contribution in [2.24, 2.45) is 5.92 Å².